The maximum absolute atomic E-state index is 12.2. The van der Waals surface area contributed by atoms with Crippen molar-refractivity contribution in [2.24, 2.45) is 0 Å². The van der Waals surface area contributed by atoms with E-state index in [0.29, 0.717) is 5.56 Å². The molecule has 1 heterocycles. The normalized spacial score (nSPS) is 14.4. The van der Waals surface area contributed by atoms with Crippen LogP contribution in [0.25, 0.3) is 0 Å². The molecule has 0 bridgehead atoms. The summed E-state index contributed by atoms with van der Waals surface area (Å²) >= 11 is 0. The third kappa shape index (κ3) is 3.86. The molecular weight excluding hydrogens is 270 g/mol. The highest BCUT2D eigenvalue weighted by Gasteiger charge is 2.32. The van der Waals surface area contributed by atoms with Gasteiger partial charge in [-0.2, -0.15) is 0 Å². The standard InChI is InChI=1S/C13H16F2N2O3/c14-11(15)8-20-12-4-1-9(7-16-12)13(19)17(5-6-18)10-2-3-10/h1,4,7,10-11,18H,2-3,5-6,8H2. The first-order chi connectivity index (χ1) is 9.61. The van der Waals surface area contributed by atoms with E-state index < -0.39 is 13.0 Å². The summed E-state index contributed by atoms with van der Waals surface area (Å²) in [7, 11) is 0. The van der Waals surface area contributed by atoms with Gasteiger partial charge in [-0.25, -0.2) is 13.8 Å². The highest BCUT2D eigenvalue weighted by molar-refractivity contribution is 5.94. The molecule has 1 aliphatic carbocycles. The second-order valence-electron chi connectivity index (χ2n) is 4.54. The highest BCUT2D eigenvalue weighted by Crippen LogP contribution is 2.28. The van der Waals surface area contributed by atoms with Crippen molar-refractivity contribution in [2.75, 3.05) is 19.8 Å². The topological polar surface area (TPSA) is 62.7 Å². The van der Waals surface area contributed by atoms with Crippen LogP contribution in [-0.2, 0) is 0 Å². The van der Waals surface area contributed by atoms with Crippen molar-refractivity contribution in [1.29, 1.82) is 0 Å². The molecule has 110 valence electrons. The molecule has 1 aliphatic rings. The van der Waals surface area contributed by atoms with E-state index in [1.807, 2.05) is 0 Å². The average Bonchev–Trinajstić information content (AvgIpc) is 3.27. The fraction of sp³-hybridized carbons (Fsp3) is 0.538. The van der Waals surface area contributed by atoms with E-state index >= 15 is 0 Å². The minimum Gasteiger partial charge on any atom is -0.472 e. The largest absolute Gasteiger partial charge is 0.472 e. The summed E-state index contributed by atoms with van der Waals surface area (Å²) in [5, 5.41) is 8.97. The van der Waals surface area contributed by atoms with Gasteiger partial charge in [0.05, 0.1) is 12.2 Å². The lowest BCUT2D eigenvalue weighted by Gasteiger charge is -2.21. The number of hydrogen-bond donors (Lipinski definition) is 1. The van der Waals surface area contributed by atoms with E-state index in [2.05, 4.69) is 4.98 Å². The molecule has 1 aromatic heterocycles. The summed E-state index contributed by atoms with van der Waals surface area (Å²) in [5.41, 5.74) is 0.356. The summed E-state index contributed by atoms with van der Waals surface area (Å²) in [6.07, 6.45) is 0.618. The lowest BCUT2D eigenvalue weighted by atomic mass is 10.2. The molecule has 0 atom stereocenters. The second kappa shape index (κ2) is 6.60. The van der Waals surface area contributed by atoms with E-state index in [4.69, 9.17) is 9.84 Å². The van der Waals surface area contributed by atoms with E-state index in [9.17, 15) is 13.6 Å². The van der Waals surface area contributed by atoms with Crippen LogP contribution in [0.15, 0.2) is 18.3 Å². The Bertz CT molecular complexity index is 449. The van der Waals surface area contributed by atoms with Crippen molar-refractivity contribution in [1.82, 2.24) is 9.88 Å². The zero-order valence-electron chi connectivity index (χ0n) is 10.8. The number of amides is 1. The third-order valence-electron chi connectivity index (χ3n) is 2.93. The average molecular weight is 286 g/mol. The number of aliphatic hydroxyl groups excluding tert-OH is 1. The van der Waals surface area contributed by atoms with Gasteiger partial charge in [0.25, 0.3) is 12.3 Å². The summed E-state index contributed by atoms with van der Waals surface area (Å²) < 4.78 is 28.7. The molecule has 1 N–H and O–H groups in total. The zero-order valence-corrected chi connectivity index (χ0v) is 10.8. The molecule has 1 amide bonds. The first kappa shape index (κ1) is 14.6. The van der Waals surface area contributed by atoms with Gasteiger partial charge in [0.15, 0.2) is 6.61 Å². The Labute approximate surface area is 115 Å². The lowest BCUT2D eigenvalue weighted by Crippen LogP contribution is -2.35. The van der Waals surface area contributed by atoms with Crippen LogP contribution in [0, 0.1) is 0 Å². The number of carbonyl (C=O) groups excluding carboxylic acids is 1. The minimum absolute atomic E-state index is 0.0574. The Morgan fingerprint density at radius 2 is 2.25 bits per heavy atom. The highest BCUT2D eigenvalue weighted by atomic mass is 19.3. The molecule has 0 radical (unpaired) electrons. The smallest absolute Gasteiger partial charge is 0.272 e. The van der Waals surface area contributed by atoms with E-state index in [1.54, 1.807) is 4.90 Å². The summed E-state index contributed by atoms with van der Waals surface area (Å²) in [4.78, 5) is 17.6. The molecule has 0 aliphatic heterocycles. The Balaban J connectivity index is 1.99. The molecule has 5 nitrogen and oxygen atoms in total. The molecular formula is C13H16F2N2O3. The first-order valence-corrected chi connectivity index (χ1v) is 6.40. The van der Waals surface area contributed by atoms with Gasteiger partial charge in [-0.05, 0) is 18.9 Å². The van der Waals surface area contributed by atoms with E-state index in [1.165, 1.54) is 18.3 Å². The molecule has 0 unspecified atom stereocenters. The van der Waals surface area contributed by atoms with Crippen molar-refractivity contribution < 1.29 is 23.4 Å². The summed E-state index contributed by atoms with van der Waals surface area (Å²) in [5.74, 6) is -0.156. The van der Waals surface area contributed by atoms with Gasteiger partial charge in [0.1, 0.15) is 0 Å². The Kier molecular flexibility index (Phi) is 4.84. The number of rotatable bonds is 7. The maximum atomic E-state index is 12.2. The molecule has 20 heavy (non-hydrogen) atoms. The number of pyridine rings is 1. The Hall–Kier alpha value is -1.76. The van der Waals surface area contributed by atoms with Crippen LogP contribution >= 0.6 is 0 Å². The minimum atomic E-state index is -2.56. The number of hydrogen-bond acceptors (Lipinski definition) is 4. The van der Waals surface area contributed by atoms with Crippen molar-refractivity contribution in [3.63, 3.8) is 0 Å². The fourth-order valence-corrected chi connectivity index (χ4v) is 1.85. The van der Waals surface area contributed by atoms with Crippen molar-refractivity contribution in [3.05, 3.63) is 23.9 Å². The van der Waals surface area contributed by atoms with Gasteiger partial charge < -0.3 is 14.7 Å². The van der Waals surface area contributed by atoms with Crippen LogP contribution in [0.1, 0.15) is 23.2 Å². The first-order valence-electron chi connectivity index (χ1n) is 6.40. The van der Waals surface area contributed by atoms with Crippen LogP contribution in [0.2, 0.25) is 0 Å². The Morgan fingerprint density at radius 3 is 2.75 bits per heavy atom. The van der Waals surface area contributed by atoms with Crippen molar-refractivity contribution in [2.45, 2.75) is 25.3 Å². The van der Waals surface area contributed by atoms with Crippen LogP contribution in [0.5, 0.6) is 5.88 Å². The van der Waals surface area contributed by atoms with Crippen molar-refractivity contribution in [3.8, 4) is 5.88 Å². The lowest BCUT2D eigenvalue weighted by molar-refractivity contribution is 0.0704. The number of nitrogens with zero attached hydrogens (tertiary/aromatic N) is 2. The second-order valence-corrected chi connectivity index (χ2v) is 4.54. The van der Waals surface area contributed by atoms with Crippen LogP contribution in [0.4, 0.5) is 8.78 Å². The summed E-state index contributed by atoms with van der Waals surface area (Å²) in [6, 6.07) is 3.06. The SMILES string of the molecule is O=C(c1ccc(OCC(F)F)nc1)N(CCO)C1CC1. The maximum Gasteiger partial charge on any atom is 0.272 e. The van der Waals surface area contributed by atoms with Gasteiger partial charge in [0.2, 0.25) is 5.88 Å². The van der Waals surface area contributed by atoms with Crippen LogP contribution < -0.4 is 4.74 Å². The fourth-order valence-electron chi connectivity index (χ4n) is 1.85. The van der Waals surface area contributed by atoms with E-state index in [0.717, 1.165) is 12.8 Å². The van der Waals surface area contributed by atoms with Gasteiger partial charge in [-0.15, -0.1) is 0 Å². The quantitative estimate of drug-likeness (QED) is 0.821. The monoisotopic (exact) mass is 286 g/mol. The number of aromatic nitrogens is 1. The molecule has 0 aromatic carbocycles. The van der Waals surface area contributed by atoms with Gasteiger partial charge in [-0.3, -0.25) is 4.79 Å². The van der Waals surface area contributed by atoms with Crippen LogP contribution in [-0.4, -0.2) is 53.1 Å². The van der Waals surface area contributed by atoms with Gasteiger partial charge in [0, 0.05) is 24.8 Å². The molecule has 7 heteroatoms. The predicted octanol–water partition coefficient (Wildman–Crippen LogP) is 1.32. The molecule has 1 fully saturated rings. The number of carbonyl (C=O) groups is 1. The Morgan fingerprint density at radius 1 is 1.50 bits per heavy atom. The number of alkyl halides is 2. The molecule has 0 saturated heterocycles. The molecule has 0 spiro atoms. The number of halogens is 2. The predicted molar refractivity (Wildman–Crippen MR) is 66.9 cm³/mol. The third-order valence-corrected chi connectivity index (χ3v) is 2.93. The molecule has 2 rings (SSSR count). The zero-order chi connectivity index (χ0) is 14.5. The summed E-state index contributed by atoms with van der Waals surface area (Å²) in [6.45, 7) is -0.530. The van der Waals surface area contributed by atoms with Crippen LogP contribution in [0.3, 0.4) is 0 Å². The number of aliphatic hydroxyl groups is 1. The van der Waals surface area contributed by atoms with Gasteiger partial charge >= 0.3 is 0 Å². The van der Waals surface area contributed by atoms with Gasteiger partial charge in [-0.1, -0.05) is 0 Å². The van der Waals surface area contributed by atoms with E-state index in [-0.39, 0.29) is 31.0 Å². The number of ether oxygens (including phenoxy) is 1. The molecule has 1 aromatic rings. The molecule has 1 saturated carbocycles. The van der Waals surface area contributed by atoms with Crippen molar-refractivity contribution >= 4 is 5.91 Å².